The predicted molar refractivity (Wildman–Crippen MR) is 55.0 cm³/mol. The predicted octanol–water partition coefficient (Wildman–Crippen LogP) is -0.322. The van der Waals surface area contributed by atoms with Crippen LogP contribution in [0.2, 0.25) is 0 Å². The van der Waals surface area contributed by atoms with Crippen molar-refractivity contribution >= 4 is 35.0 Å². The van der Waals surface area contributed by atoms with Gasteiger partial charge in [0.15, 0.2) is 0 Å². The zero-order valence-electron chi connectivity index (χ0n) is 6.96. The van der Waals surface area contributed by atoms with Crippen LogP contribution < -0.4 is 0 Å². The molecule has 0 spiro atoms. The van der Waals surface area contributed by atoms with Crippen LogP contribution in [0.1, 0.15) is 6.42 Å². The van der Waals surface area contributed by atoms with Crippen LogP contribution in [0, 0.1) is 0 Å². The summed E-state index contributed by atoms with van der Waals surface area (Å²) < 4.78 is 19.6. The van der Waals surface area contributed by atoms with Crippen molar-refractivity contribution in [2.45, 2.75) is 30.8 Å². The molecule has 6 atom stereocenters. The van der Waals surface area contributed by atoms with E-state index in [0.717, 1.165) is 0 Å². The van der Waals surface area contributed by atoms with Gasteiger partial charge in [-0.3, -0.25) is 0 Å². The lowest BCUT2D eigenvalue weighted by atomic mass is 10.2. The van der Waals surface area contributed by atoms with Crippen molar-refractivity contribution < 1.29 is 18.4 Å². The Bertz CT molecular complexity index is 147. The molecule has 1 aliphatic carbocycles. The van der Waals surface area contributed by atoms with Crippen LogP contribution in [0.5, 0.6) is 0 Å². The maximum Gasteiger partial charge on any atom is 0.283 e. The molecule has 13 heavy (non-hydrogen) atoms. The van der Waals surface area contributed by atoms with Gasteiger partial charge in [0.25, 0.3) is 16.1 Å². The third kappa shape index (κ3) is 2.44. The van der Waals surface area contributed by atoms with Crippen LogP contribution in [0.15, 0.2) is 0 Å². The van der Waals surface area contributed by atoms with E-state index in [1.807, 2.05) is 0 Å². The van der Waals surface area contributed by atoms with Crippen LogP contribution >= 0.6 is 18.9 Å². The van der Waals surface area contributed by atoms with Gasteiger partial charge in [-0.05, 0) is 0 Å². The van der Waals surface area contributed by atoms with E-state index in [1.54, 1.807) is 0 Å². The topological polar surface area (TPSA) is 36.9 Å². The SMILES string of the molecule is [B]O[C@H]1C[C@@H](O[B])[C@@H](OP)[C@H]1OP. The number of rotatable bonds is 4. The van der Waals surface area contributed by atoms with Crippen LogP contribution in [0.4, 0.5) is 0 Å². The Morgan fingerprint density at radius 1 is 0.923 bits per heavy atom. The Kier molecular flexibility index (Phi) is 5.17. The Morgan fingerprint density at radius 2 is 1.31 bits per heavy atom. The normalized spacial score (nSPS) is 39.5. The quantitative estimate of drug-likeness (QED) is 0.478. The Labute approximate surface area is 84.9 Å². The highest BCUT2D eigenvalue weighted by Crippen LogP contribution is 2.31. The molecule has 0 aromatic carbocycles. The summed E-state index contributed by atoms with van der Waals surface area (Å²) >= 11 is 0. The summed E-state index contributed by atoms with van der Waals surface area (Å²) in [6.07, 6.45) is -0.569. The maximum absolute atomic E-state index is 5.09. The fourth-order valence-corrected chi connectivity index (χ4v) is 2.18. The van der Waals surface area contributed by atoms with Gasteiger partial charge in [0.2, 0.25) is 0 Å². The van der Waals surface area contributed by atoms with Gasteiger partial charge in [-0.15, -0.1) is 0 Å². The van der Waals surface area contributed by atoms with Gasteiger partial charge in [0, 0.05) is 25.4 Å². The first-order valence-electron chi connectivity index (χ1n) is 3.70. The van der Waals surface area contributed by atoms with Crippen molar-refractivity contribution in [3.05, 3.63) is 0 Å². The molecule has 1 rings (SSSR count). The van der Waals surface area contributed by atoms with E-state index in [0.29, 0.717) is 6.42 Å². The van der Waals surface area contributed by atoms with Gasteiger partial charge >= 0.3 is 0 Å². The van der Waals surface area contributed by atoms with Crippen LogP contribution in [0.3, 0.4) is 0 Å². The Balaban J connectivity index is 2.65. The largest absolute Gasteiger partial charge is 0.442 e. The minimum atomic E-state index is -0.291. The molecule has 0 aliphatic heterocycles. The maximum atomic E-state index is 5.09. The van der Waals surface area contributed by atoms with Gasteiger partial charge in [0.05, 0.1) is 12.2 Å². The fourth-order valence-electron chi connectivity index (χ4n) is 1.52. The molecule has 0 aromatic heterocycles. The molecule has 70 valence electrons. The molecule has 0 heterocycles. The van der Waals surface area contributed by atoms with Gasteiger partial charge in [0.1, 0.15) is 12.2 Å². The van der Waals surface area contributed by atoms with E-state index < -0.39 is 0 Å². The second-order valence-electron chi connectivity index (χ2n) is 2.79. The van der Waals surface area contributed by atoms with E-state index >= 15 is 0 Å². The highest BCUT2D eigenvalue weighted by atomic mass is 31.0. The molecule has 1 saturated carbocycles. The van der Waals surface area contributed by atoms with Gasteiger partial charge < -0.3 is 18.4 Å². The minimum absolute atomic E-state index is 0.267. The molecule has 1 aliphatic rings. The molecule has 0 amide bonds. The van der Waals surface area contributed by atoms with Crippen molar-refractivity contribution in [1.29, 1.82) is 0 Å². The lowest BCUT2D eigenvalue weighted by Crippen LogP contribution is -2.35. The summed E-state index contributed by atoms with van der Waals surface area (Å²) in [5, 5.41) is 0. The van der Waals surface area contributed by atoms with Crippen molar-refractivity contribution in [2.24, 2.45) is 0 Å². The molecular weight excluding hydrogens is 208 g/mol. The lowest BCUT2D eigenvalue weighted by Gasteiger charge is -2.22. The molecule has 2 unspecified atom stereocenters. The minimum Gasteiger partial charge on any atom is -0.442 e. The van der Waals surface area contributed by atoms with E-state index in [1.165, 1.54) is 0 Å². The lowest BCUT2D eigenvalue weighted by molar-refractivity contribution is 0.0191. The Morgan fingerprint density at radius 3 is 1.54 bits per heavy atom. The first kappa shape index (κ1) is 11.9. The fraction of sp³-hybridized carbons (Fsp3) is 1.00. The molecule has 4 nitrogen and oxygen atoms in total. The molecule has 8 heteroatoms. The van der Waals surface area contributed by atoms with Crippen LogP contribution in [-0.4, -0.2) is 40.5 Å². The average molecular weight is 218 g/mol. The molecule has 4 radical (unpaired) electrons. The van der Waals surface area contributed by atoms with Crippen molar-refractivity contribution in [1.82, 2.24) is 0 Å². The molecule has 0 N–H and O–H groups in total. The van der Waals surface area contributed by atoms with Gasteiger partial charge in [-0.25, -0.2) is 0 Å². The molecule has 0 aromatic rings. The highest BCUT2D eigenvalue weighted by Gasteiger charge is 2.44. The molecule has 0 saturated heterocycles. The highest BCUT2D eigenvalue weighted by molar-refractivity contribution is 7.10. The first-order valence-corrected chi connectivity index (χ1v) is 4.64. The second kappa shape index (κ2) is 5.65. The van der Waals surface area contributed by atoms with E-state index in [4.69, 9.17) is 34.5 Å². The van der Waals surface area contributed by atoms with E-state index in [2.05, 4.69) is 18.9 Å². The first-order chi connectivity index (χ1) is 6.28. The molecule has 0 bridgehead atoms. The third-order valence-corrected chi connectivity index (χ3v) is 2.81. The van der Waals surface area contributed by atoms with E-state index in [9.17, 15) is 0 Å². The number of hydrogen-bond acceptors (Lipinski definition) is 4. The summed E-state index contributed by atoms with van der Waals surface area (Å²) in [7, 11) is 14.5. The third-order valence-electron chi connectivity index (χ3n) is 2.19. The van der Waals surface area contributed by atoms with Crippen molar-refractivity contribution in [3.8, 4) is 0 Å². The van der Waals surface area contributed by atoms with Crippen molar-refractivity contribution in [2.75, 3.05) is 0 Å². The zero-order chi connectivity index (χ0) is 9.84. The van der Waals surface area contributed by atoms with Crippen LogP contribution in [-0.2, 0) is 18.4 Å². The zero-order valence-corrected chi connectivity index (χ0v) is 9.27. The summed E-state index contributed by atoms with van der Waals surface area (Å²) in [6.45, 7) is 0. The average Bonchev–Trinajstić information content (AvgIpc) is 2.54. The van der Waals surface area contributed by atoms with E-state index in [-0.39, 0.29) is 24.4 Å². The van der Waals surface area contributed by atoms with Crippen molar-refractivity contribution in [3.63, 3.8) is 0 Å². The monoisotopic (exact) mass is 218 g/mol. The second-order valence-corrected chi connectivity index (χ2v) is 3.33. The molecular formula is C5H10B2O4P2. The Hall–Kier alpha value is 0.830. The van der Waals surface area contributed by atoms with Gasteiger partial charge in [-0.2, -0.15) is 0 Å². The summed E-state index contributed by atoms with van der Waals surface area (Å²) in [4.78, 5) is 0. The summed E-state index contributed by atoms with van der Waals surface area (Å²) in [5.74, 6) is 0. The molecule has 1 fully saturated rings. The standard InChI is InChI=1S/C5H10B2O4P2/c6-8-2-1-3(9-7)5(11-13)4(2)10-12/h2-5H,1,12-13H2/t2-,3+,4-,5+. The summed E-state index contributed by atoms with van der Waals surface area (Å²) in [6, 6.07) is 0. The number of hydrogen-bond donors (Lipinski definition) is 0. The smallest absolute Gasteiger partial charge is 0.283 e. The van der Waals surface area contributed by atoms with Crippen LogP contribution in [0.25, 0.3) is 0 Å². The van der Waals surface area contributed by atoms with Gasteiger partial charge in [-0.1, -0.05) is 0 Å². The summed E-state index contributed by atoms with van der Waals surface area (Å²) in [5.41, 5.74) is 0.